The minimum atomic E-state index is -2.90. The van der Waals surface area contributed by atoms with Gasteiger partial charge in [-0.3, -0.25) is 4.79 Å². The zero-order chi connectivity index (χ0) is 16.7. The lowest BCUT2D eigenvalue weighted by Crippen LogP contribution is -2.32. The Morgan fingerprint density at radius 2 is 1.87 bits per heavy atom. The van der Waals surface area contributed by atoms with E-state index in [2.05, 4.69) is 10.1 Å². The molecule has 0 radical (unpaired) electrons. The number of aryl methyl sites for hydroxylation is 1. The van der Waals surface area contributed by atoms with Crippen LogP contribution in [0.25, 0.3) is 0 Å². The molecular weight excluding hydrogens is 300 g/mol. The number of ether oxygens (including phenoxy) is 1. The Labute approximate surface area is 134 Å². The van der Waals surface area contributed by atoms with Crippen LogP contribution >= 0.6 is 0 Å². The number of carbonyl (C=O) groups excluding carboxylic acids is 1. The number of benzene rings is 2. The highest BCUT2D eigenvalue weighted by molar-refractivity contribution is 5.94. The molecule has 2 aromatic rings. The van der Waals surface area contributed by atoms with Gasteiger partial charge in [0.15, 0.2) is 0 Å². The molecule has 0 aliphatic carbocycles. The van der Waals surface area contributed by atoms with E-state index in [1.165, 1.54) is 23.8 Å². The summed E-state index contributed by atoms with van der Waals surface area (Å²) in [6, 6.07) is 15.8. The molecule has 0 saturated heterocycles. The number of hydrogen-bond acceptors (Lipinski definition) is 2. The Balaban J connectivity index is 1.88. The maximum atomic E-state index is 12.2. The number of rotatable bonds is 7. The summed E-state index contributed by atoms with van der Waals surface area (Å²) >= 11 is 0. The molecule has 23 heavy (non-hydrogen) atoms. The smallest absolute Gasteiger partial charge is 0.387 e. The van der Waals surface area contributed by atoms with Crippen molar-refractivity contribution in [3.8, 4) is 5.75 Å². The van der Waals surface area contributed by atoms with E-state index in [9.17, 15) is 13.6 Å². The molecule has 1 amide bonds. The molecule has 0 heterocycles. The van der Waals surface area contributed by atoms with Gasteiger partial charge < -0.3 is 10.1 Å². The Bertz CT molecular complexity index is 632. The van der Waals surface area contributed by atoms with E-state index in [-0.39, 0.29) is 17.7 Å². The van der Waals surface area contributed by atoms with Crippen molar-refractivity contribution in [3.63, 3.8) is 0 Å². The molecule has 0 aliphatic rings. The molecule has 3 nitrogen and oxygen atoms in total. The van der Waals surface area contributed by atoms with Crippen LogP contribution in [0.2, 0.25) is 0 Å². The van der Waals surface area contributed by atoms with Crippen LogP contribution in [0.4, 0.5) is 8.78 Å². The molecule has 0 bridgehead atoms. The zero-order valence-electron chi connectivity index (χ0n) is 12.8. The number of hydrogen-bond donors (Lipinski definition) is 1. The standard InChI is InChI=1S/C18H19F2NO2/c1-13(10-11-14-6-3-2-4-7-14)21-17(22)15-8-5-9-16(12-15)23-18(19)20/h2-9,12-13,18H,10-11H2,1H3,(H,21,22)/t13-/m0/s1. The van der Waals surface area contributed by atoms with Crippen LogP contribution in [0.15, 0.2) is 54.6 Å². The molecule has 1 atom stereocenters. The molecule has 0 spiro atoms. The van der Waals surface area contributed by atoms with Gasteiger partial charge in [0, 0.05) is 11.6 Å². The van der Waals surface area contributed by atoms with Crippen molar-refractivity contribution in [1.29, 1.82) is 0 Å². The highest BCUT2D eigenvalue weighted by Gasteiger charge is 2.12. The first-order valence-electron chi connectivity index (χ1n) is 7.44. The summed E-state index contributed by atoms with van der Waals surface area (Å²) in [5.74, 6) is -0.324. The summed E-state index contributed by atoms with van der Waals surface area (Å²) in [7, 11) is 0. The summed E-state index contributed by atoms with van der Waals surface area (Å²) in [5, 5.41) is 2.86. The lowest BCUT2D eigenvalue weighted by molar-refractivity contribution is -0.0498. The maximum absolute atomic E-state index is 12.2. The predicted molar refractivity (Wildman–Crippen MR) is 84.8 cm³/mol. The van der Waals surface area contributed by atoms with Crippen LogP contribution in [0.1, 0.15) is 29.3 Å². The highest BCUT2D eigenvalue weighted by atomic mass is 19.3. The van der Waals surface area contributed by atoms with E-state index in [1.807, 2.05) is 37.3 Å². The van der Waals surface area contributed by atoms with Gasteiger partial charge in [0.2, 0.25) is 0 Å². The Morgan fingerprint density at radius 3 is 2.57 bits per heavy atom. The Hall–Kier alpha value is -2.43. The van der Waals surface area contributed by atoms with Gasteiger partial charge in [-0.2, -0.15) is 8.78 Å². The minimum Gasteiger partial charge on any atom is -0.435 e. The van der Waals surface area contributed by atoms with E-state index in [1.54, 1.807) is 6.07 Å². The fraction of sp³-hybridized carbons (Fsp3) is 0.278. The predicted octanol–water partition coefficient (Wildman–Crippen LogP) is 4.04. The van der Waals surface area contributed by atoms with Crippen LogP contribution in [0.3, 0.4) is 0 Å². The summed E-state index contributed by atoms with van der Waals surface area (Å²) in [4.78, 5) is 12.2. The summed E-state index contributed by atoms with van der Waals surface area (Å²) in [6.07, 6.45) is 1.65. The van der Waals surface area contributed by atoms with E-state index in [0.717, 1.165) is 12.8 Å². The minimum absolute atomic E-state index is 0.0235. The van der Waals surface area contributed by atoms with Crippen LogP contribution in [-0.4, -0.2) is 18.6 Å². The van der Waals surface area contributed by atoms with Gasteiger partial charge in [0.05, 0.1) is 0 Å². The Morgan fingerprint density at radius 1 is 1.13 bits per heavy atom. The van der Waals surface area contributed by atoms with Crippen LogP contribution in [0.5, 0.6) is 5.75 Å². The number of alkyl halides is 2. The summed E-state index contributed by atoms with van der Waals surface area (Å²) in [6.45, 7) is -0.988. The molecule has 122 valence electrons. The second kappa shape index (κ2) is 8.27. The molecule has 1 N–H and O–H groups in total. The lowest BCUT2D eigenvalue weighted by Gasteiger charge is -2.14. The average Bonchev–Trinajstić information content (AvgIpc) is 2.53. The monoisotopic (exact) mass is 319 g/mol. The molecule has 0 aromatic heterocycles. The second-order valence-electron chi connectivity index (χ2n) is 5.31. The van der Waals surface area contributed by atoms with Crippen molar-refractivity contribution in [2.75, 3.05) is 0 Å². The van der Waals surface area contributed by atoms with Gasteiger partial charge in [0.25, 0.3) is 5.91 Å². The van der Waals surface area contributed by atoms with Crippen LogP contribution in [0, 0.1) is 0 Å². The molecule has 0 unspecified atom stereocenters. The molecule has 5 heteroatoms. The van der Waals surface area contributed by atoms with Gasteiger partial charge in [-0.15, -0.1) is 0 Å². The van der Waals surface area contributed by atoms with Crippen LogP contribution < -0.4 is 10.1 Å². The maximum Gasteiger partial charge on any atom is 0.387 e. The van der Waals surface area contributed by atoms with Gasteiger partial charge >= 0.3 is 6.61 Å². The van der Waals surface area contributed by atoms with Crippen molar-refractivity contribution in [2.45, 2.75) is 32.4 Å². The number of halogens is 2. The van der Waals surface area contributed by atoms with Crippen molar-refractivity contribution in [3.05, 3.63) is 65.7 Å². The zero-order valence-corrected chi connectivity index (χ0v) is 12.8. The lowest BCUT2D eigenvalue weighted by atomic mass is 10.1. The summed E-state index contributed by atoms with van der Waals surface area (Å²) < 4.78 is 28.7. The Kier molecular flexibility index (Phi) is 6.09. The first-order valence-corrected chi connectivity index (χ1v) is 7.44. The van der Waals surface area contributed by atoms with E-state index in [4.69, 9.17) is 0 Å². The molecule has 2 aromatic carbocycles. The van der Waals surface area contributed by atoms with Gasteiger partial charge in [-0.05, 0) is 43.5 Å². The third-order valence-corrected chi connectivity index (χ3v) is 3.41. The van der Waals surface area contributed by atoms with Crippen LogP contribution in [-0.2, 0) is 6.42 Å². The topological polar surface area (TPSA) is 38.3 Å². The molecular formula is C18H19F2NO2. The molecule has 2 rings (SSSR count). The average molecular weight is 319 g/mol. The number of carbonyl (C=O) groups is 1. The van der Waals surface area contributed by atoms with Gasteiger partial charge in [-0.25, -0.2) is 0 Å². The van der Waals surface area contributed by atoms with Crippen molar-refractivity contribution >= 4 is 5.91 Å². The molecule has 0 aliphatic heterocycles. The third-order valence-electron chi connectivity index (χ3n) is 3.41. The number of amides is 1. The van der Waals surface area contributed by atoms with Crippen molar-refractivity contribution < 1.29 is 18.3 Å². The highest BCUT2D eigenvalue weighted by Crippen LogP contribution is 2.16. The molecule has 0 fully saturated rings. The fourth-order valence-corrected chi connectivity index (χ4v) is 2.22. The quantitative estimate of drug-likeness (QED) is 0.836. The van der Waals surface area contributed by atoms with Crippen molar-refractivity contribution in [1.82, 2.24) is 5.32 Å². The van der Waals surface area contributed by atoms with Crippen molar-refractivity contribution in [2.24, 2.45) is 0 Å². The number of nitrogens with one attached hydrogen (secondary N) is 1. The first-order chi connectivity index (χ1) is 11.0. The first kappa shape index (κ1) is 16.9. The fourth-order valence-electron chi connectivity index (χ4n) is 2.22. The largest absolute Gasteiger partial charge is 0.435 e. The normalized spacial score (nSPS) is 12.0. The van der Waals surface area contributed by atoms with Gasteiger partial charge in [-0.1, -0.05) is 36.4 Å². The second-order valence-corrected chi connectivity index (χ2v) is 5.31. The molecule has 0 saturated carbocycles. The van der Waals surface area contributed by atoms with E-state index in [0.29, 0.717) is 5.56 Å². The SMILES string of the molecule is C[C@@H](CCc1ccccc1)NC(=O)c1cccc(OC(F)F)c1. The van der Waals surface area contributed by atoms with Gasteiger partial charge in [0.1, 0.15) is 5.75 Å². The van der Waals surface area contributed by atoms with E-state index >= 15 is 0 Å². The third kappa shape index (κ3) is 5.70. The summed E-state index contributed by atoms with van der Waals surface area (Å²) in [5.41, 5.74) is 1.51. The van der Waals surface area contributed by atoms with E-state index < -0.39 is 6.61 Å².